The molecule has 6 heteroatoms. The molecule has 0 atom stereocenters. The molecule has 0 bridgehead atoms. The number of likely N-dealkylation sites (N-methyl/N-ethyl adjacent to an activating group) is 1. The van der Waals surface area contributed by atoms with Gasteiger partial charge >= 0.3 is 0 Å². The predicted octanol–water partition coefficient (Wildman–Crippen LogP) is 3.22. The van der Waals surface area contributed by atoms with Gasteiger partial charge in [0.05, 0.1) is 17.9 Å². The molecule has 1 saturated carbocycles. The monoisotopic (exact) mass is 395 g/mol. The summed E-state index contributed by atoms with van der Waals surface area (Å²) in [4.78, 5) is 19.7. The van der Waals surface area contributed by atoms with Crippen molar-refractivity contribution in [1.29, 1.82) is 0 Å². The van der Waals surface area contributed by atoms with Crippen LogP contribution in [0.5, 0.6) is 0 Å². The smallest absolute Gasteiger partial charge is 0.222 e. The van der Waals surface area contributed by atoms with E-state index in [1.165, 1.54) is 11.4 Å². The Kier molecular flexibility index (Phi) is 5.90. The summed E-state index contributed by atoms with van der Waals surface area (Å²) in [7, 11) is 0. The zero-order valence-corrected chi connectivity index (χ0v) is 18.0. The fraction of sp³-hybridized carbons (Fsp3) is 0.565. The number of carbonyl (C=O) groups excluding carboxylic acids is 1. The first-order chi connectivity index (χ1) is 14.1. The van der Waals surface area contributed by atoms with E-state index in [0.717, 1.165) is 56.9 Å². The van der Waals surface area contributed by atoms with Gasteiger partial charge in [-0.2, -0.15) is 5.10 Å². The number of nitrogens with zero attached hydrogens (tertiary/aromatic N) is 5. The van der Waals surface area contributed by atoms with E-state index in [-0.39, 0.29) is 5.91 Å². The molecule has 1 amide bonds. The fourth-order valence-electron chi connectivity index (χ4n) is 4.26. The van der Waals surface area contributed by atoms with Crippen molar-refractivity contribution in [3.63, 3.8) is 0 Å². The van der Waals surface area contributed by atoms with Crippen LogP contribution in [-0.4, -0.2) is 64.3 Å². The lowest BCUT2D eigenvalue weighted by molar-refractivity contribution is -0.132. The van der Waals surface area contributed by atoms with E-state index in [9.17, 15) is 4.79 Å². The van der Waals surface area contributed by atoms with E-state index in [4.69, 9.17) is 5.10 Å². The molecule has 0 unspecified atom stereocenters. The quantitative estimate of drug-likeness (QED) is 0.722. The van der Waals surface area contributed by atoms with Crippen molar-refractivity contribution in [2.45, 2.75) is 52.6 Å². The Labute approximate surface area is 174 Å². The van der Waals surface area contributed by atoms with Crippen molar-refractivity contribution in [2.24, 2.45) is 0 Å². The third-order valence-electron chi connectivity index (χ3n) is 6.22. The highest BCUT2D eigenvalue weighted by Gasteiger charge is 2.34. The van der Waals surface area contributed by atoms with Crippen molar-refractivity contribution in [2.75, 3.05) is 37.6 Å². The number of rotatable bonds is 7. The zero-order chi connectivity index (χ0) is 20.4. The molecule has 2 heterocycles. The summed E-state index contributed by atoms with van der Waals surface area (Å²) in [6, 6.07) is 10.8. The van der Waals surface area contributed by atoms with Crippen molar-refractivity contribution in [3.8, 4) is 5.69 Å². The molecule has 0 radical (unpaired) electrons. The van der Waals surface area contributed by atoms with Crippen LogP contribution in [0.15, 0.2) is 30.3 Å². The molecule has 1 aliphatic heterocycles. The van der Waals surface area contributed by atoms with Gasteiger partial charge in [-0.05, 0) is 38.4 Å². The molecule has 1 aromatic carbocycles. The Morgan fingerprint density at radius 3 is 2.38 bits per heavy atom. The minimum absolute atomic E-state index is 0.251. The second kappa shape index (κ2) is 8.57. The number of benzene rings is 1. The minimum Gasteiger partial charge on any atom is -0.354 e. The summed E-state index contributed by atoms with van der Waals surface area (Å²) in [5.41, 5.74) is 3.30. The van der Waals surface area contributed by atoms with Gasteiger partial charge in [-0.3, -0.25) is 4.79 Å². The number of hydrogen-bond acceptors (Lipinski definition) is 4. The van der Waals surface area contributed by atoms with Crippen LogP contribution in [0.1, 0.15) is 44.4 Å². The first-order valence-corrected chi connectivity index (χ1v) is 11.0. The minimum atomic E-state index is 0.251. The van der Waals surface area contributed by atoms with Crippen molar-refractivity contribution in [1.82, 2.24) is 19.6 Å². The molecule has 6 nitrogen and oxygen atoms in total. The first kappa shape index (κ1) is 20.0. The van der Waals surface area contributed by atoms with Gasteiger partial charge in [-0.15, -0.1) is 0 Å². The van der Waals surface area contributed by atoms with Gasteiger partial charge < -0.3 is 14.7 Å². The first-order valence-electron chi connectivity index (χ1n) is 11.0. The maximum absolute atomic E-state index is 12.6. The highest BCUT2D eigenvalue weighted by Crippen LogP contribution is 2.34. The van der Waals surface area contributed by atoms with Gasteiger partial charge in [-0.1, -0.05) is 32.0 Å². The summed E-state index contributed by atoms with van der Waals surface area (Å²) in [6.07, 6.45) is 2.82. The van der Waals surface area contributed by atoms with Crippen molar-refractivity contribution < 1.29 is 4.79 Å². The highest BCUT2D eigenvalue weighted by atomic mass is 16.2. The molecule has 2 fully saturated rings. The Morgan fingerprint density at radius 2 is 1.79 bits per heavy atom. The third kappa shape index (κ3) is 4.17. The number of aromatic nitrogens is 2. The van der Waals surface area contributed by atoms with Crippen LogP contribution in [0.25, 0.3) is 5.69 Å². The van der Waals surface area contributed by atoms with Gasteiger partial charge in [0.25, 0.3) is 0 Å². The molecule has 0 spiro atoms. The van der Waals surface area contributed by atoms with Crippen molar-refractivity contribution in [3.05, 3.63) is 41.6 Å². The van der Waals surface area contributed by atoms with Crippen molar-refractivity contribution >= 4 is 11.7 Å². The number of piperazine rings is 1. The second-order valence-electron chi connectivity index (χ2n) is 8.16. The van der Waals surface area contributed by atoms with E-state index in [1.54, 1.807) is 0 Å². The lowest BCUT2D eigenvalue weighted by Gasteiger charge is -2.36. The largest absolute Gasteiger partial charge is 0.354 e. The molecule has 2 aliphatic rings. The summed E-state index contributed by atoms with van der Waals surface area (Å²) in [5, 5.41) is 4.94. The Bertz CT molecular complexity index is 834. The number of para-hydroxylation sites is 1. The summed E-state index contributed by atoms with van der Waals surface area (Å²) >= 11 is 0. The third-order valence-corrected chi connectivity index (χ3v) is 6.22. The molecular weight excluding hydrogens is 362 g/mol. The van der Waals surface area contributed by atoms with E-state index < -0.39 is 0 Å². The van der Waals surface area contributed by atoms with Crippen LogP contribution in [0.4, 0.5) is 5.82 Å². The number of aryl methyl sites for hydroxylation is 1. The van der Waals surface area contributed by atoms with Crippen LogP contribution in [0, 0.1) is 6.92 Å². The molecule has 1 aromatic heterocycles. The normalized spacial score (nSPS) is 17.6. The van der Waals surface area contributed by atoms with Gasteiger partial charge in [-0.25, -0.2) is 4.68 Å². The molecule has 156 valence electrons. The van der Waals surface area contributed by atoms with Crippen LogP contribution < -0.4 is 4.90 Å². The molecule has 29 heavy (non-hydrogen) atoms. The maximum atomic E-state index is 12.6. The van der Waals surface area contributed by atoms with Crippen LogP contribution >= 0.6 is 0 Å². The lowest BCUT2D eigenvalue weighted by atomic mass is 10.1. The lowest BCUT2D eigenvalue weighted by Crippen LogP contribution is -2.47. The van der Waals surface area contributed by atoms with Gasteiger partial charge in [0.1, 0.15) is 5.82 Å². The maximum Gasteiger partial charge on any atom is 0.222 e. The Hall–Kier alpha value is -2.34. The van der Waals surface area contributed by atoms with E-state index in [0.29, 0.717) is 19.0 Å². The van der Waals surface area contributed by atoms with Gasteiger partial charge in [0.2, 0.25) is 5.91 Å². The van der Waals surface area contributed by atoms with Gasteiger partial charge in [0, 0.05) is 44.2 Å². The van der Waals surface area contributed by atoms with E-state index in [2.05, 4.69) is 57.5 Å². The van der Waals surface area contributed by atoms with Crippen LogP contribution in [-0.2, 0) is 11.3 Å². The topological polar surface area (TPSA) is 44.6 Å². The summed E-state index contributed by atoms with van der Waals surface area (Å²) in [5.74, 6) is 1.42. The fourth-order valence-corrected chi connectivity index (χ4v) is 4.26. The molecule has 1 aliphatic carbocycles. The average molecular weight is 396 g/mol. The van der Waals surface area contributed by atoms with E-state index in [1.807, 2.05) is 13.0 Å². The molecule has 4 rings (SSSR count). The van der Waals surface area contributed by atoms with Crippen LogP contribution in [0.2, 0.25) is 0 Å². The molecule has 2 aromatic rings. The average Bonchev–Trinajstić information content (AvgIpc) is 3.55. The molecule has 0 N–H and O–H groups in total. The van der Waals surface area contributed by atoms with E-state index >= 15 is 0 Å². The molecular formula is C23H33N5O. The summed E-state index contributed by atoms with van der Waals surface area (Å²) in [6.45, 7) is 12.1. The number of hydrogen-bond donors (Lipinski definition) is 0. The molecule has 1 saturated heterocycles. The summed E-state index contributed by atoms with van der Waals surface area (Å²) < 4.78 is 2.09. The SMILES string of the molecule is CCC(=O)N(Cc1c(C)nn(-c2ccccc2)c1N1CCN(CC)CC1)C1CC1. The zero-order valence-electron chi connectivity index (χ0n) is 18.0. The van der Waals surface area contributed by atoms with Gasteiger partial charge in [0.15, 0.2) is 0 Å². The number of anilines is 1. The number of amides is 1. The van der Waals surface area contributed by atoms with Crippen LogP contribution in [0.3, 0.4) is 0 Å². The number of carbonyl (C=O) groups is 1. The second-order valence-corrected chi connectivity index (χ2v) is 8.16. The Balaban J connectivity index is 1.72. The highest BCUT2D eigenvalue weighted by molar-refractivity contribution is 5.77. The predicted molar refractivity (Wildman–Crippen MR) is 116 cm³/mol. The Morgan fingerprint density at radius 1 is 1.10 bits per heavy atom. The standard InChI is InChI=1S/C23H33N5O/c1-4-22(29)27(19-11-12-19)17-21-18(3)24-28(20-9-7-6-8-10-20)23(21)26-15-13-25(5-2)14-16-26/h6-10,19H,4-5,11-17H2,1-3H3.